The van der Waals surface area contributed by atoms with Crippen molar-refractivity contribution in [3.8, 4) is 5.75 Å². The zero-order valence-corrected chi connectivity index (χ0v) is 13.6. The Morgan fingerprint density at radius 1 is 1.29 bits per heavy atom. The lowest BCUT2D eigenvalue weighted by Crippen LogP contribution is -2.29. The molecule has 1 aliphatic heterocycles. The van der Waals surface area contributed by atoms with Gasteiger partial charge >= 0.3 is 0 Å². The van der Waals surface area contributed by atoms with Crippen molar-refractivity contribution in [3.05, 3.63) is 57.8 Å². The maximum absolute atomic E-state index is 13.8. The second kappa shape index (κ2) is 5.68. The summed E-state index contributed by atoms with van der Waals surface area (Å²) in [6.45, 7) is 4.77. The predicted molar refractivity (Wildman–Crippen MR) is 86.3 cm³/mol. The zero-order valence-electron chi connectivity index (χ0n) is 12.0. The average molecular weight is 350 g/mol. The summed E-state index contributed by atoms with van der Waals surface area (Å²) in [4.78, 5) is 0. The predicted octanol–water partition coefficient (Wildman–Crippen LogP) is 5.08. The molecule has 0 aromatic heterocycles. The van der Waals surface area contributed by atoms with Crippen LogP contribution in [0.3, 0.4) is 0 Å². The Morgan fingerprint density at radius 2 is 2.05 bits per heavy atom. The Bertz CT molecular complexity index is 674. The highest BCUT2D eigenvalue weighted by Crippen LogP contribution is 2.38. The first-order valence-corrected chi connectivity index (χ1v) is 7.79. The first-order valence-electron chi connectivity index (χ1n) is 7.00. The van der Waals surface area contributed by atoms with Gasteiger partial charge < -0.3 is 10.1 Å². The van der Waals surface area contributed by atoms with E-state index in [1.807, 2.05) is 25.1 Å². The molecule has 3 rings (SSSR count). The molecule has 0 fully saturated rings. The number of halogens is 2. The molecule has 0 saturated carbocycles. The van der Waals surface area contributed by atoms with E-state index >= 15 is 0 Å². The topological polar surface area (TPSA) is 21.3 Å². The molecule has 2 aromatic rings. The van der Waals surface area contributed by atoms with Gasteiger partial charge in [0.05, 0.1) is 17.1 Å². The van der Waals surface area contributed by atoms with Gasteiger partial charge in [0.2, 0.25) is 0 Å². The quantitative estimate of drug-likeness (QED) is 0.816. The van der Waals surface area contributed by atoms with Gasteiger partial charge in [0.1, 0.15) is 11.6 Å². The third-order valence-electron chi connectivity index (χ3n) is 3.90. The molecule has 1 N–H and O–H groups in total. The number of rotatable bonds is 2. The van der Waals surface area contributed by atoms with Crippen LogP contribution in [-0.2, 0) is 0 Å². The van der Waals surface area contributed by atoms with Gasteiger partial charge in [-0.25, -0.2) is 4.39 Å². The Balaban J connectivity index is 1.96. The highest BCUT2D eigenvalue weighted by Gasteiger charge is 2.28. The van der Waals surface area contributed by atoms with Crippen molar-refractivity contribution < 1.29 is 9.13 Å². The minimum Gasteiger partial charge on any atom is -0.493 e. The van der Waals surface area contributed by atoms with Crippen molar-refractivity contribution in [2.24, 2.45) is 5.92 Å². The number of hydrogen-bond acceptors (Lipinski definition) is 2. The zero-order chi connectivity index (χ0) is 15.0. The lowest BCUT2D eigenvalue weighted by molar-refractivity contribution is 0.214. The summed E-state index contributed by atoms with van der Waals surface area (Å²) in [5.41, 5.74) is 2.96. The van der Waals surface area contributed by atoms with Crippen molar-refractivity contribution in [2.45, 2.75) is 19.9 Å². The molecular formula is C17H17BrFNO. The van der Waals surface area contributed by atoms with Crippen LogP contribution >= 0.6 is 15.9 Å². The normalized spacial score (nSPS) is 20.6. The number of benzene rings is 2. The fourth-order valence-electron chi connectivity index (χ4n) is 2.68. The molecule has 0 bridgehead atoms. The summed E-state index contributed by atoms with van der Waals surface area (Å²) in [6, 6.07) is 11.5. The molecule has 0 aliphatic carbocycles. The summed E-state index contributed by atoms with van der Waals surface area (Å²) in [5.74, 6) is 0.963. The molecule has 2 unspecified atom stereocenters. The lowest BCUT2D eigenvalue weighted by atomic mass is 9.91. The standard InChI is InChI=1S/C17H17BrFNO/c1-10-7-13(18)14(19)8-15(10)20-17-11(2)9-21-16-6-4-3-5-12(16)17/h3-8,11,17,20H,9H2,1-2H3. The molecule has 1 heterocycles. The first kappa shape index (κ1) is 14.4. The molecule has 4 heteroatoms. The van der Waals surface area contributed by atoms with E-state index in [1.165, 1.54) is 0 Å². The highest BCUT2D eigenvalue weighted by molar-refractivity contribution is 9.10. The van der Waals surface area contributed by atoms with Crippen molar-refractivity contribution in [1.29, 1.82) is 0 Å². The van der Waals surface area contributed by atoms with Gasteiger partial charge in [-0.15, -0.1) is 0 Å². The smallest absolute Gasteiger partial charge is 0.139 e. The summed E-state index contributed by atoms with van der Waals surface area (Å²) in [5, 5.41) is 3.48. The van der Waals surface area contributed by atoms with Gasteiger partial charge in [-0.2, -0.15) is 0 Å². The molecule has 0 saturated heterocycles. The number of aryl methyl sites for hydroxylation is 1. The molecule has 110 valence electrons. The van der Waals surface area contributed by atoms with Crippen molar-refractivity contribution >= 4 is 21.6 Å². The summed E-state index contributed by atoms with van der Waals surface area (Å²) >= 11 is 3.22. The van der Waals surface area contributed by atoms with Crippen LogP contribution in [0.1, 0.15) is 24.1 Å². The number of ether oxygens (including phenoxy) is 1. The minimum atomic E-state index is -0.254. The second-order valence-corrected chi connectivity index (χ2v) is 6.38. The van der Waals surface area contributed by atoms with E-state index in [0.717, 1.165) is 22.6 Å². The molecule has 21 heavy (non-hydrogen) atoms. The Morgan fingerprint density at radius 3 is 2.86 bits per heavy atom. The molecule has 2 aromatic carbocycles. The molecule has 1 aliphatic rings. The van der Waals surface area contributed by atoms with E-state index in [2.05, 4.69) is 34.2 Å². The lowest BCUT2D eigenvalue weighted by Gasteiger charge is -2.33. The third kappa shape index (κ3) is 2.77. The summed E-state index contributed by atoms with van der Waals surface area (Å²) in [7, 11) is 0. The van der Waals surface area contributed by atoms with E-state index in [9.17, 15) is 4.39 Å². The number of nitrogens with one attached hydrogen (secondary N) is 1. The second-order valence-electron chi connectivity index (χ2n) is 5.53. The summed E-state index contributed by atoms with van der Waals surface area (Å²) in [6.07, 6.45) is 0. The molecule has 0 amide bonds. The number of hydrogen-bond donors (Lipinski definition) is 1. The largest absolute Gasteiger partial charge is 0.493 e. The van der Waals surface area contributed by atoms with Crippen LogP contribution in [0.25, 0.3) is 0 Å². The van der Waals surface area contributed by atoms with Gasteiger partial charge in [0.15, 0.2) is 0 Å². The first-order chi connectivity index (χ1) is 10.1. The highest BCUT2D eigenvalue weighted by atomic mass is 79.9. The van der Waals surface area contributed by atoms with Gasteiger partial charge in [-0.3, -0.25) is 0 Å². The monoisotopic (exact) mass is 349 g/mol. The van der Waals surface area contributed by atoms with Crippen molar-refractivity contribution in [2.75, 3.05) is 11.9 Å². The molecule has 0 spiro atoms. The molecule has 2 nitrogen and oxygen atoms in total. The van der Waals surface area contributed by atoms with E-state index in [-0.39, 0.29) is 11.9 Å². The fourth-order valence-corrected chi connectivity index (χ4v) is 3.14. The van der Waals surface area contributed by atoms with Crippen molar-refractivity contribution in [1.82, 2.24) is 0 Å². The number of para-hydroxylation sites is 1. The van der Waals surface area contributed by atoms with Crippen LogP contribution < -0.4 is 10.1 Å². The maximum Gasteiger partial charge on any atom is 0.139 e. The van der Waals surface area contributed by atoms with Gasteiger partial charge in [-0.05, 0) is 46.6 Å². The van der Waals surface area contributed by atoms with Crippen LogP contribution in [0.4, 0.5) is 10.1 Å². The van der Waals surface area contributed by atoms with Gasteiger partial charge in [-0.1, -0.05) is 25.1 Å². The number of fused-ring (bicyclic) bond motifs is 1. The molecule has 2 atom stereocenters. The average Bonchev–Trinajstić information content (AvgIpc) is 2.47. The minimum absolute atomic E-state index is 0.120. The van der Waals surface area contributed by atoms with Crippen LogP contribution in [0, 0.1) is 18.7 Å². The molecular weight excluding hydrogens is 333 g/mol. The van der Waals surface area contributed by atoms with Gasteiger partial charge in [0, 0.05) is 17.2 Å². The maximum atomic E-state index is 13.8. The van der Waals surface area contributed by atoms with E-state index < -0.39 is 0 Å². The summed E-state index contributed by atoms with van der Waals surface area (Å²) < 4.78 is 20.0. The fraction of sp³-hybridized carbons (Fsp3) is 0.294. The SMILES string of the molecule is Cc1cc(Br)c(F)cc1NC1c2ccccc2OCC1C. The van der Waals surface area contributed by atoms with E-state index in [1.54, 1.807) is 12.1 Å². The Labute approximate surface area is 132 Å². The van der Waals surface area contributed by atoms with Crippen LogP contribution in [0.5, 0.6) is 5.75 Å². The van der Waals surface area contributed by atoms with Crippen LogP contribution in [0.15, 0.2) is 40.9 Å². The van der Waals surface area contributed by atoms with Crippen LogP contribution in [-0.4, -0.2) is 6.61 Å². The van der Waals surface area contributed by atoms with Crippen molar-refractivity contribution in [3.63, 3.8) is 0 Å². The van der Waals surface area contributed by atoms with Gasteiger partial charge in [0.25, 0.3) is 0 Å². The number of anilines is 1. The van der Waals surface area contributed by atoms with E-state index in [4.69, 9.17) is 4.74 Å². The Kier molecular flexibility index (Phi) is 3.89. The Hall–Kier alpha value is -1.55. The van der Waals surface area contributed by atoms with Crippen LogP contribution in [0.2, 0.25) is 0 Å². The van der Waals surface area contributed by atoms with E-state index in [0.29, 0.717) is 17.0 Å². The third-order valence-corrected chi connectivity index (χ3v) is 4.51. The molecule has 0 radical (unpaired) electrons.